The minimum atomic E-state index is -1.38. The van der Waals surface area contributed by atoms with Crippen molar-refractivity contribution in [2.45, 2.75) is 51.7 Å². The number of pyridine rings is 1. The molecule has 6 N–H and O–H groups in total. The number of nitrogens with two attached hydrogens (primary N) is 1. The summed E-state index contributed by atoms with van der Waals surface area (Å²) in [5, 5.41) is 15.6. The van der Waals surface area contributed by atoms with Gasteiger partial charge in [-0.2, -0.15) is 0 Å². The lowest BCUT2D eigenvalue weighted by atomic mass is 10.0. The number of carboxylic acid groups (broad SMARTS) is 1. The molecule has 11 nitrogen and oxygen atoms in total. The second kappa shape index (κ2) is 11.5. The third-order valence-electron chi connectivity index (χ3n) is 4.14. The highest BCUT2D eigenvalue weighted by Crippen LogP contribution is 2.06. The van der Waals surface area contributed by atoms with E-state index in [9.17, 15) is 24.0 Å². The molecule has 0 bridgehead atoms. The Hall–Kier alpha value is -3.50. The van der Waals surface area contributed by atoms with Gasteiger partial charge < -0.3 is 26.8 Å². The molecule has 1 heterocycles. The molecule has 0 fully saturated rings. The van der Waals surface area contributed by atoms with Crippen molar-refractivity contribution in [2.24, 2.45) is 11.7 Å². The molecule has 1 rings (SSSR count). The highest BCUT2D eigenvalue weighted by molar-refractivity contribution is 6.38. The van der Waals surface area contributed by atoms with Gasteiger partial charge in [0, 0.05) is 18.8 Å². The summed E-state index contributed by atoms with van der Waals surface area (Å²) >= 11 is 0. The number of aromatic nitrogens is 1. The van der Waals surface area contributed by atoms with Gasteiger partial charge in [0.25, 0.3) is 5.91 Å². The van der Waals surface area contributed by atoms with Gasteiger partial charge in [0.15, 0.2) is 0 Å². The average molecular weight is 421 g/mol. The Bertz CT molecular complexity index is 783. The molecule has 0 aliphatic carbocycles. The molecule has 0 spiro atoms. The Balaban J connectivity index is 2.74. The molecule has 11 heteroatoms. The van der Waals surface area contributed by atoms with Crippen molar-refractivity contribution < 1.29 is 29.1 Å². The molecule has 30 heavy (non-hydrogen) atoms. The maximum atomic E-state index is 12.3. The Morgan fingerprint density at radius 1 is 1.00 bits per heavy atom. The molecule has 0 saturated heterocycles. The fourth-order valence-corrected chi connectivity index (χ4v) is 2.63. The lowest BCUT2D eigenvalue weighted by Crippen LogP contribution is -2.55. The summed E-state index contributed by atoms with van der Waals surface area (Å²) in [5.41, 5.74) is 5.99. The van der Waals surface area contributed by atoms with Gasteiger partial charge >= 0.3 is 6.09 Å². The van der Waals surface area contributed by atoms with Crippen LogP contribution >= 0.6 is 0 Å². The molecule has 1 aromatic heterocycles. The smallest absolute Gasteiger partial charge is 0.405 e. The average Bonchev–Trinajstić information content (AvgIpc) is 2.66. The largest absolute Gasteiger partial charge is 0.465 e. The first-order valence-electron chi connectivity index (χ1n) is 9.34. The molecule has 4 amide bonds. The summed E-state index contributed by atoms with van der Waals surface area (Å²) in [7, 11) is 0. The fraction of sp³-hybridized carbons (Fsp3) is 0.474. The first-order valence-corrected chi connectivity index (χ1v) is 9.34. The number of nitrogens with one attached hydrogen (secondary N) is 3. The number of primary amides is 1. The summed E-state index contributed by atoms with van der Waals surface area (Å²) in [5.74, 6) is -3.64. The number of rotatable bonds is 11. The van der Waals surface area contributed by atoms with Crippen molar-refractivity contribution in [1.29, 1.82) is 0 Å². The number of Topliss-reactive ketones (excluding diaryl/α,β-unsaturated/α-hetero) is 1. The molecule has 0 saturated carbocycles. The highest BCUT2D eigenvalue weighted by atomic mass is 16.4. The van der Waals surface area contributed by atoms with E-state index in [0.717, 1.165) is 0 Å². The van der Waals surface area contributed by atoms with Crippen LogP contribution in [0.1, 0.15) is 32.8 Å². The number of carbonyl (C=O) groups is 5. The van der Waals surface area contributed by atoms with E-state index < -0.39 is 47.7 Å². The Labute approximate surface area is 173 Å². The summed E-state index contributed by atoms with van der Waals surface area (Å²) in [6, 6.07) is -0.175. The van der Waals surface area contributed by atoms with Crippen LogP contribution in [-0.2, 0) is 25.6 Å². The molecule has 164 valence electrons. The van der Waals surface area contributed by atoms with Gasteiger partial charge in [0.05, 0.1) is 6.04 Å². The zero-order chi connectivity index (χ0) is 22.8. The van der Waals surface area contributed by atoms with E-state index in [4.69, 9.17) is 10.8 Å². The van der Waals surface area contributed by atoms with E-state index in [-0.39, 0.29) is 18.8 Å². The topological polar surface area (TPSA) is 181 Å². The van der Waals surface area contributed by atoms with E-state index >= 15 is 0 Å². The van der Waals surface area contributed by atoms with Crippen molar-refractivity contribution in [3.63, 3.8) is 0 Å². The first kappa shape index (κ1) is 24.5. The predicted molar refractivity (Wildman–Crippen MR) is 106 cm³/mol. The number of carbonyl (C=O) groups excluding carboxylic acids is 4. The SMILES string of the molecule is CC(C)CC(NC(=O)O)C(=O)NC(C)C(=O)C(=O)NC(Cc1ccncc1)C(N)=O. The normalized spacial score (nSPS) is 13.6. The lowest BCUT2D eigenvalue weighted by Gasteiger charge is -2.21. The van der Waals surface area contributed by atoms with Crippen LogP contribution < -0.4 is 21.7 Å². The predicted octanol–water partition coefficient (Wildman–Crippen LogP) is -0.650. The minimum absolute atomic E-state index is 0.00594. The maximum absolute atomic E-state index is 12.3. The molecule has 3 atom stereocenters. The van der Waals surface area contributed by atoms with Crippen LogP contribution in [0, 0.1) is 5.92 Å². The summed E-state index contributed by atoms with van der Waals surface area (Å²) in [4.78, 5) is 63.3. The van der Waals surface area contributed by atoms with Gasteiger partial charge in [-0.05, 0) is 37.0 Å². The van der Waals surface area contributed by atoms with Crippen molar-refractivity contribution in [3.05, 3.63) is 30.1 Å². The van der Waals surface area contributed by atoms with Gasteiger partial charge in [0.1, 0.15) is 12.1 Å². The van der Waals surface area contributed by atoms with Crippen molar-refractivity contribution in [1.82, 2.24) is 20.9 Å². The second-order valence-electron chi connectivity index (χ2n) is 7.21. The van der Waals surface area contributed by atoms with Crippen LogP contribution in [0.5, 0.6) is 0 Å². The van der Waals surface area contributed by atoms with Crippen LogP contribution in [0.15, 0.2) is 24.5 Å². The van der Waals surface area contributed by atoms with Crippen LogP contribution in [0.2, 0.25) is 0 Å². The summed E-state index contributed by atoms with van der Waals surface area (Å²) in [6.45, 7) is 4.90. The van der Waals surface area contributed by atoms with Crippen molar-refractivity contribution in [2.75, 3.05) is 0 Å². The third-order valence-corrected chi connectivity index (χ3v) is 4.14. The van der Waals surface area contributed by atoms with Crippen molar-refractivity contribution >= 4 is 29.6 Å². The molecule has 0 aliphatic heterocycles. The van der Waals surface area contributed by atoms with E-state index in [1.165, 1.54) is 19.3 Å². The molecular formula is C19H27N5O6. The van der Waals surface area contributed by atoms with Crippen LogP contribution in [0.25, 0.3) is 0 Å². The van der Waals surface area contributed by atoms with Gasteiger partial charge in [-0.15, -0.1) is 0 Å². The molecule has 0 radical (unpaired) electrons. The summed E-state index contributed by atoms with van der Waals surface area (Å²) < 4.78 is 0. The van der Waals surface area contributed by atoms with E-state index in [0.29, 0.717) is 5.56 Å². The molecule has 0 aromatic carbocycles. The summed E-state index contributed by atoms with van der Waals surface area (Å²) in [6.07, 6.45) is 1.92. The third kappa shape index (κ3) is 8.25. The molecule has 1 aromatic rings. The maximum Gasteiger partial charge on any atom is 0.405 e. The zero-order valence-corrected chi connectivity index (χ0v) is 17.0. The lowest BCUT2D eigenvalue weighted by molar-refractivity contribution is -0.141. The molecule has 0 aliphatic rings. The minimum Gasteiger partial charge on any atom is -0.465 e. The standard InChI is InChI=1S/C19H27N5O6/c1-10(2)8-14(24-19(29)30)17(27)22-11(3)15(25)18(28)23-13(16(20)26)9-12-4-6-21-7-5-12/h4-7,10-11,13-14,24H,8-9H2,1-3H3,(H2,20,26)(H,22,27)(H,23,28)(H,29,30). The van der Waals surface area contributed by atoms with Crippen LogP contribution in [0.4, 0.5) is 4.79 Å². The zero-order valence-electron chi connectivity index (χ0n) is 17.0. The van der Waals surface area contributed by atoms with Gasteiger partial charge in [-0.25, -0.2) is 4.79 Å². The Kier molecular flexibility index (Phi) is 9.40. The molecule has 3 unspecified atom stereocenters. The number of ketones is 1. The van der Waals surface area contributed by atoms with Gasteiger partial charge in [-0.3, -0.25) is 24.2 Å². The Morgan fingerprint density at radius 3 is 2.10 bits per heavy atom. The van der Waals surface area contributed by atoms with Crippen LogP contribution in [-0.4, -0.2) is 57.8 Å². The number of hydrogen-bond acceptors (Lipinski definition) is 6. The second-order valence-corrected chi connectivity index (χ2v) is 7.21. The van der Waals surface area contributed by atoms with Crippen molar-refractivity contribution in [3.8, 4) is 0 Å². The van der Waals surface area contributed by atoms with Gasteiger partial charge in [0.2, 0.25) is 17.6 Å². The van der Waals surface area contributed by atoms with E-state index in [1.54, 1.807) is 26.0 Å². The quantitative estimate of drug-likeness (QED) is 0.294. The number of nitrogens with zero attached hydrogens (tertiary/aromatic N) is 1. The monoisotopic (exact) mass is 421 g/mol. The van der Waals surface area contributed by atoms with Gasteiger partial charge in [-0.1, -0.05) is 13.8 Å². The van der Waals surface area contributed by atoms with E-state index in [2.05, 4.69) is 20.9 Å². The van der Waals surface area contributed by atoms with E-state index in [1.807, 2.05) is 0 Å². The Morgan fingerprint density at radius 2 is 1.60 bits per heavy atom. The first-order chi connectivity index (χ1) is 14.0. The number of amides is 4. The fourth-order valence-electron chi connectivity index (χ4n) is 2.63. The van der Waals surface area contributed by atoms with Crippen LogP contribution in [0.3, 0.4) is 0 Å². The highest BCUT2D eigenvalue weighted by Gasteiger charge is 2.29. The molecular weight excluding hydrogens is 394 g/mol. The number of hydrogen-bond donors (Lipinski definition) is 5.